The summed E-state index contributed by atoms with van der Waals surface area (Å²) in [6.45, 7) is 13.8. The molecule has 0 aromatic heterocycles. The number of guanidine groups is 1. The summed E-state index contributed by atoms with van der Waals surface area (Å²) < 4.78 is 0. The third-order valence-corrected chi connectivity index (χ3v) is 6.03. The lowest BCUT2D eigenvalue weighted by molar-refractivity contribution is -0.116. The smallest absolute Gasteiger partial charge is 0.225 e. The largest absolute Gasteiger partial charge is 0.357 e. The first-order valence-corrected chi connectivity index (χ1v) is 11.5. The molecule has 2 aliphatic heterocycles. The van der Waals surface area contributed by atoms with Crippen molar-refractivity contribution in [3.05, 3.63) is 29.8 Å². The van der Waals surface area contributed by atoms with Crippen molar-refractivity contribution in [1.29, 1.82) is 0 Å². The fourth-order valence-electron chi connectivity index (χ4n) is 4.20. The zero-order valence-corrected chi connectivity index (χ0v) is 21.4. The maximum atomic E-state index is 12.0. The van der Waals surface area contributed by atoms with Crippen molar-refractivity contribution < 1.29 is 4.79 Å². The molecule has 2 aliphatic rings. The number of nitrogens with zero attached hydrogens (tertiary/aromatic N) is 3. The third-order valence-electron chi connectivity index (χ3n) is 6.03. The Hall–Kier alpha value is -1.39. The highest BCUT2D eigenvalue weighted by Crippen LogP contribution is 2.31. The van der Waals surface area contributed by atoms with E-state index >= 15 is 0 Å². The predicted molar refractivity (Wildman–Crippen MR) is 140 cm³/mol. The molecule has 2 heterocycles. The summed E-state index contributed by atoms with van der Waals surface area (Å²) >= 11 is 0. The second kappa shape index (κ2) is 13.9. The molecule has 1 saturated heterocycles. The van der Waals surface area contributed by atoms with Gasteiger partial charge in [-0.2, -0.15) is 0 Å². The van der Waals surface area contributed by atoms with Crippen LogP contribution in [0.25, 0.3) is 0 Å². The minimum absolute atomic E-state index is 0. The van der Waals surface area contributed by atoms with E-state index < -0.39 is 0 Å². The fraction of sp³-hybridized carbons (Fsp3) is 0.652. The number of para-hydroxylation sites is 1. The van der Waals surface area contributed by atoms with Gasteiger partial charge in [-0.3, -0.25) is 9.79 Å². The molecule has 31 heavy (non-hydrogen) atoms. The predicted octanol–water partition coefficient (Wildman–Crippen LogP) is 2.70. The van der Waals surface area contributed by atoms with Crippen LogP contribution in [0.5, 0.6) is 0 Å². The molecule has 0 aliphatic carbocycles. The summed E-state index contributed by atoms with van der Waals surface area (Å²) in [6.07, 6.45) is 2.83. The van der Waals surface area contributed by atoms with Gasteiger partial charge in [0.1, 0.15) is 0 Å². The van der Waals surface area contributed by atoms with Crippen LogP contribution in [-0.2, 0) is 4.79 Å². The van der Waals surface area contributed by atoms with Crippen LogP contribution in [0.15, 0.2) is 29.3 Å². The molecular formula is C23H39IN6O. The number of fused-ring (bicyclic) bond motifs is 1. The molecule has 1 atom stereocenters. The van der Waals surface area contributed by atoms with Crippen LogP contribution in [0.4, 0.5) is 5.69 Å². The highest BCUT2D eigenvalue weighted by atomic mass is 127. The number of carbonyl (C=O) groups excluding carboxylic acids is 1. The van der Waals surface area contributed by atoms with E-state index in [0.29, 0.717) is 13.0 Å². The second-order valence-electron chi connectivity index (χ2n) is 8.17. The number of anilines is 1. The first-order chi connectivity index (χ1) is 14.7. The van der Waals surface area contributed by atoms with E-state index in [1.807, 2.05) is 18.2 Å². The van der Waals surface area contributed by atoms with Crippen LogP contribution in [0.2, 0.25) is 0 Å². The van der Waals surface area contributed by atoms with Gasteiger partial charge in [-0.05, 0) is 44.5 Å². The van der Waals surface area contributed by atoms with E-state index in [1.165, 1.54) is 51.3 Å². The van der Waals surface area contributed by atoms with E-state index in [-0.39, 0.29) is 35.8 Å². The number of carbonyl (C=O) groups is 1. The molecule has 8 heteroatoms. The maximum absolute atomic E-state index is 12.0. The SMILES string of the molecule is CCNC(=NCC1CC(=O)Nc2ccccc21)NCCCCN1CCN(CC)CC1.I. The average molecular weight is 543 g/mol. The average Bonchev–Trinajstić information content (AvgIpc) is 2.77. The number of unbranched alkanes of at least 4 members (excludes halogenated alkanes) is 1. The van der Waals surface area contributed by atoms with Crippen LogP contribution in [0, 0.1) is 0 Å². The Morgan fingerprint density at radius 3 is 2.58 bits per heavy atom. The van der Waals surface area contributed by atoms with Crippen molar-refractivity contribution in [1.82, 2.24) is 20.4 Å². The number of likely N-dealkylation sites (N-methyl/N-ethyl adjacent to an activating group) is 1. The van der Waals surface area contributed by atoms with Crippen LogP contribution in [0.3, 0.4) is 0 Å². The fourth-order valence-corrected chi connectivity index (χ4v) is 4.20. The molecule has 0 bridgehead atoms. The van der Waals surface area contributed by atoms with Gasteiger partial charge in [0.2, 0.25) is 5.91 Å². The van der Waals surface area contributed by atoms with Crippen molar-refractivity contribution in [2.75, 3.05) is 64.2 Å². The number of hydrogen-bond acceptors (Lipinski definition) is 4. The quantitative estimate of drug-likeness (QED) is 0.194. The van der Waals surface area contributed by atoms with Gasteiger partial charge >= 0.3 is 0 Å². The van der Waals surface area contributed by atoms with Crippen molar-refractivity contribution in [2.45, 2.75) is 39.0 Å². The molecule has 7 nitrogen and oxygen atoms in total. The van der Waals surface area contributed by atoms with Crippen LogP contribution in [-0.4, -0.2) is 80.6 Å². The lowest BCUT2D eigenvalue weighted by Crippen LogP contribution is -2.46. The van der Waals surface area contributed by atoms with Crippen molar-refractivity contribution in [3.63, 3.8) is 0 Å². The van der Waals surface area contributed by atoms with Crippen molar-refractivity contribution >= 4 is 41.5 Å². The molecule has 1 aromatic carbocycles. The van der Waals surface area contributed by atoms with E-state index in [2.05, 4.69) is 45.7 Å². The van der Waals surface area contributed by atoms with Crippen molar-refractivity contribution in [3.8, 4) is 0 Å². The van der Waals surface area contributed by atoms with Gasteiger partial charge in [-0.15, -0.1) is 24.0 Å². The molecule has 0 radical (unpaired) electrons. The van der Waals surface area contributed by atoms with E-state index in [9.17, 15) is 4.79 Å². The lowest BCUT2D eigenvalue weighted by Gasteiger charge is -2.34. The topological polar surface area (TPSA) is 72.0 Å². The zero-order chi connectivity index (χ0) is 21.2. The molecule has 3 N–H and O–H groups in total. The Kier molecular flexibility index (Phi) is 11.6. The molecule has 174 valence electrons. The highest BCUT2D eigenvalue weighted by molar-refractivity contribution is 14.0. The number of nitrogens with one attached hydrogen (secondary N) is 3. The summed E-state index contributed by atoms with van der Waals surface area (Å²) in [5.41, 5.74) is 2.10. The number of halogens is 1. The van der Waals surface area contributed by atoms with Gasteiger partial charge in [-0.1, -0.05) is 25.1 Å². The van der Waals surface area contributed by atoms with Crippen molar-refractivity contribution in [2.24, 2.45) is 4.99 Å². The Bertz CT molecular complexity index is 705. The number of amides is 1. The first-order valence-electron chi connectivity index (χ1n) is 11.5. The van der Waals surface area contributed by atoms with E-state index in [1.54, 1.807) is 0 Å². The normalized spacial score (nSPS) is 19.9. The number of aliphatic imine (C=N–C) groups is 1. The highest BCUT2D eigenvalue weighted by Gasteiger charge is 2.24. The van der Waals surface area contributed by atoms with Gasteiger partial charge in [0.15, 0.2) is 5.96 Å². The minimum Gasteiger partial charge on any atom is -0.357 e. The van der Waals surface area contributed by atoms with Gasteiger partial charge in [-0.25, -0.2) is 0 Å². The number of benzene rings is 1. The Labute approximate surface area is 204 Å². The number of hydrogen-bond donors (Lipinski definition) is 3. The molecule has 1 amide bonds. The standard InChI is InChI=1S/C23H38N6O.HI/c1-3-24-23(25-11-7-8-12-29-15-13-28(4-2)14-16-29)26-18-19-17-22(30)27-21-10-6-5-9-20(19)21;/h5-6,9-10,19H,3-4,7-8,11-18H2,1-2H3,(H,27,30)(H2,24,25,26);1H. The Balaban J connectivity index is 0.00000341. The molecule has 3 rings (SSSR count). The lowest BCUT2D eigenvalue weighted by atomic mass is 9.91. The molecule has 0 spiro atoms. The van der Waals surface area contributed by atoms with E-state index in [4.69, 9.17) is 4.99 Å². The second-order valence-corrected chi connectivity index (χ2v) is 8.17. The molecule has 1 fully saturated rings. The minimum atomic E-state index is 0. The number of rotatable bonds is 9. The molecule has 1 aromatic rings. The zero-order valence-electron chi connectivity index (χ0n) is 19.0. The summed E-state index contributed by atoms with van der Waals surface area (Å²) in [6, 6.07) is 8.04. The Morgan fingerprint density at radius 2 is 1.84 bits per heavy atom. The third kappa shape index (κ3) is 8.23. The van der Waals surface area contributed by atoms with Crippen LogP contribution >= 0.6 is 24.0 Å². The summed E-state index contributed by atoms with van der Waals surface area (Å²) in [5.74, 6) is 1.05. The van der Waals surface area contributed by atoms with Gasteiger partial charge in [0, 0.05) is 57.3 Å². The molecular weight excluding hydrogens is 503 g/mol. The molecule has 1 unspecified atom stereocenters. The summed E-state index contributed by atoms with van der Waals surface area (Å²) in [7, 11) is 0. The maximum Gasteiger partial charge on any atom is 0.225 e. The van der Waals surface area contributed by atoms with Crippen LogP contribution < -0.4 is 16.0 Å². The number of piperazine rings is 1. The Morgan fingerprint density at radius 1 is 1.10 bits per heavy atom. The van der Waals surface area contributed by atoms with Crippen LogP contribution in [0.1, 0.15) is 44.6 Å². The van der Waals surface area contributed by atoms with Gasteiger partial charge < -0.3 is 25.8 Å². The summed E-state index contributed by atoms with van der Waals surface area (Å²) in [5, 5.41) is 9.75. The van der Waals surface area contributed by atoms with E-state index in [0.717, 1.165) is 31.2 Å². The molecule has 0 saturated carbocycles. The monoisotopic (exact) mass is 542 g/mol. The van der Waals surface area contributed by atoms with Gasteiger partial charge in [0.05, 0.1) is 6.54 Å². The summed E-state index contributed by atoms with van der Waals surface area (Å²) in [4.78, 5) is 21.9. The first kappa shape index (κ1) is 25.9. The van der Waals surface area contributed by atoms with Gasteiger partial charge in [0.25, 0.3) is 0 Å².